The van der Waals surface area contributed by atoms with Crippen LogP contribution in [-0.2, 0) is 4.74 Å². The fourth-order valence-electron chi connectivity index (χ4n) is 2.95. The largest absolute Gasteiger partial charge is 0.442 e. The normalized spacial score (nSPS) is 15.2. The minimum Gasteiger partial charge on any atom is -0.442 e. The van der Waals surface area contributed by atoms with Crippen LogP contribution in [0.1, 0.15) is 32.8 Å². The number of ether oxygens (including phenoxy) is 1. The number of anilines is 1. The van der Waals surface area contributed by atoms with Gasteiger partial charge in [0, 0.05) is 24.3 Å². The van der Waals surface area contributed by atoms with Gasteiger partial charge >= 0.3 is 6.09 Å². The summed E-state index contributed by atoms with van der Waals surface area (Å²) in [5.41, 5.74) is 0.617. The Kier molecular flexibility index (Phi) is 4.47. The average Bonchev–Trinajstić information content (AvgIpc) is 3.12. The second-order valence-corrected chi connectivity index (χ2v) is 8.01. The van der Waals surface area contributed by atoms with E-state index in [0.717, 1.165) is 6.20 Å². The smallest absolute Gasteiger partial charge is 0.410 e. The molecule has 29 heavy (non-hydrogen) atoms. The molecule has 1 aliphatic heterocycles. The summed E-state index contributed by atoms with van der Waals surface area (Å²) in [6.45, 7) is 6.66. The van der Waals surface area contributed by atoms with Crippen molar-refractivity contribution in [1.82, 2.24) is 29.5 Å². The van der Waals surface area contributed by atoms with Gasteiger partial charge in [-0.2, -0.15) is 0 Å². The van der Waals surface area contributed by atoms with E-state index < -0.39 is 6.43 Å². The number of amides is 1. The quantitative estimate of drug-likeness (QED) is 0.662. The molecular formula is C18H21F2N7O2. The Morgan fingerprint density at radius 1 is 1.34 bits per heavy atom. The molecule has 0 unspecified atom stereocenters. The average molecular weight is 405 g/mol. The standard InChI is InChI=1S/C18H21F2N7O2/c1-18(2,3)25(4)17(28)29-11-7-26(8-11)15-16-24-22-9-27(16)12-5-10(13(19)20)6-21-14(12)23-15/h5-6,9,11,13H,7-8H2,1-4H3. The van der Waals surface area contributed by atoms with E-state index in [1.165, 1.54) is 12.4 Å². The van der Waals surface area contributed by atoms with Crippen LogP contribution in [0.2, 0.25) is 0 Å². The zero-order valence-electron chi connectivity index (χ0n) is 16.5. The zero-order valence-corrected chi connectivity index (χ0v) is 16.5. The van der Waals surface area contributed by atoms with Gasteiger partial charge in [0.05, 0.1) is 18.6 Å². The fraction of sp³-hybridized carbons (Fsp3) is 0.500. The van der Waals surface area contributed by atoms with Crippen molar-refractivity contribution in [3.8, 4) is 0 Å². The Morgan fingerprint density at radius 2 is 2.07 bits per heavy atom. The molecule has 0 atom stereocenters. The number of nitrogens with zero attached hydrogens (tertiary/aromatic N) is 7. The molecule has 1 amide bonds. The van der Waals surface area contributed by atoms with Crippen LogP contribution in [0.25, 0.3) is 16.8 Å². The van der Waals surface area contributed by atoms with Gasteiger partial charge in [-0.3, -0.25) is 4.40 Å². The first-order valence-electron chi connectivity index (χ1n) is 9.12. The minimum absolute atomic E-state index is 0.194. The highest BCUT2D eigenvalue weighted by molar-refractivity contribution is 5.81. The molecule has 1 saturated heterocycles. The molecule has 0 saturated carbocycles. The topological polar surface area (TPSA) is 88.8 Å². The van der Waals surface area contributed by atoms with E-state index in [0.29, 0.717) is 35.7 Å². The van der Waals surface area contributed by atoms with Crippen LogP contribution < -0.4 is 4.90 Å². The summed E-state index contributed by atoms with van der Waals surface area (Å²) in [4.78, 5) is 24.2. The third kappa shape index (κ3) is 3.40. The van der Waals surface area contributed by atoms with Crippen LogP contribution in [-0.4, -0.2) is 67.3 Å². The summed E-state index contributed by atoms with van der Waals surface area (Å²) in [7, 11) is 1.70. The summed E-state index contributed by atoms with van der Waals surface area (Å²) >= 11 is 0. The number of fused-ring (bicyclic) bond motifs is 3. The summed E-state index contributed by atoms with van der Waals surface area (Å²) < 4.78 is 33.1. The molecule has 9 nitrogen and oxygen atoms in total. The maximum absolute atomic E-state index is 13.0. The van der Waals surface area contributed by atoms with E-state index in [4.69, 9.17) is 4.74 Å². The summed E-state index contributed by atoms with van der Waals surface area (Å²) in [6, 6.07) is 1.34. The number of carbonyl (C=O) groups excluding carboxylic acids is 1. The van der Waals surface area contributed by atoms with Gasteiger partial charge in [0.2, 0.25) is 5.65 Å². The molecule has 0 aliphatic carbocycles. The van der Waals surface area contributed by atoms with Crippen LogP contribution in [0.5, 0.6) is 0 Å². The van der Waals surface area contributed by atoms with Crippen LogP contribution in [0, 0.1) is 0 Å². The van der Waals surface area contributed by atoms with E-state index in [-0.39, 0.29) is 23.3 Å². The van der Waals surface area contributed by atoms with E-state index in [1.807, 2.05) is 25.7 Å². The molecule has 0 radical (unpaired) electrons. The zero-order chi connectivity index (χ0) is 20.9. The molecule has 4 rings (SSSR count). The molecule has 0 N–H and O–H groups in total. The van der Waals surface area contributed by atoms with Gasteiger partial charge in [-0.1, -0.05) is 0 Å². The van der Waals surface area contributed by atoms with Gasteiger partial charge in [-0.25, -0.2) is 23.5 Å². The molecule has 1 fully saturated rings. The van der Waals surface area contributed by atoms with Crippen molar-refractivity contribution in [3.05, 3.63) is 24.2 Å². The number of pyridine rings is 1. The number of carbonyl (C=O) groups is 1. The van der Waals surface area contributed by atoms with Crippen molar-refractivity contribution in [1.29, 1.82) is 0 Å². The number of hydrogen-bond acceptors (Lipinski definition) is 7. The number of rotatable bonds is 3. The maximum Gasteiger partial charge on any atom is 0.410 e. The molecule has 0 spiro atoms. The molecule has 0 bridgehead atoms. The van der Waals surface area contributed by atoms with Gasteiger partial charge in [0.25, 0.3) is 6.43 Å². The highest BCUT2D eigenvalue weighted by Crippen LogP contribution is 2.29. The second kappa shape index (κ2) is 6.75. The third-order valence-electron chi connectivity index (χ3n) is 5.03. The first-order chi connectivity index (χ1) is 13.6. The van der Waals surface area contributed by atoms with Gasteiger partial charge in [0.1, 0.15) is 12.4 Å². The molecule has 3 aromatic rings. The fourth-order valence-corrected chi connectivity index (χ4v) is 2.95. The first-order valence-corrected chi connectivity index (χ1v) is 9.12. The van der Waals surface area contributed by atoms with E-state index in [1.54, 1.807) is 16.3 Å². The highest BCUT2D eigenvalue weighted by atomic mass is 19.3. The first kappa shape index (κ1) is 19.2. The van der Waals surface area contributed by atoms with Crippen molar-refractivity contribution in [2.45, 2.75) is 38.8 Å². The number of aromatic nitrogens is 5. The Morgan fingerprint density at radius 3 is 2.72 bits per heavy atom. The summed E-state index contributed by atoms with van der Waals surface area (Å²) in [6.07, 6.45) is -0.738. The second-order valence-electron chi connectivity index (χ2n) is 8.01. The molecule has 11 heteroatoms. The lowest BCUT2D eigenvalue weighted by Gasteiger charge is -2.41. The van der Waals surface area contributed by atoms with Crippen molar-refractivity contribution in [3.63, 3.8) is 0 Å². The van der Waals surface area contributed by atoms with Crippen LogP contribution in [0.4, 0.5) is 19.4 Å². The van der Waals surface area contributed by atoms with Crippen molar-refractivity contribution in [2.75, 3.05) is 25.0 Å². The maximum atomic E-state index is 13.0. The Bertz CT molecular complexity index is 1070. The van der Waals surface area contributed by atoms with Crippen LogP contribution >= 0.6 is 0 Å². The Hall–Kier alpha value is -3.11. The highest BCUT2D eigenvalue weighted by Gasteiger charge is 2.35. The van der Waals surface area contributed by atoms with E-state index >= 15 is 0 Å². The predicted octanol–water partition coefficient (Wildman–Crippen LogP) is 2.67. The lowest BCUT2D eigenvalue weighted by Crippen LogP contribution is -2.55. The molecule has 0 aromatic carbocycles. The van der Waals surface area contributed by atoms with Crippen LogP contribution in [0.3, 0.4) is 0 Å². The van der Waals surface area contributed by atoms with Crippen LogP contribution in [0.15, 0.2) is 18.6 Å². The lowest BCUT2D eigenvalue weighted by atomic mass is 10.1. The van der Waals surface area contributed by atoms with E-state index in [2.05, 4.69) is 20.2 Å². The van der Waals surface area contributed by atoms with Crippen molar-refractivity contribution >= 4 is 28.7 Å². The predicted molar refractivity (Wildman–Crippen MR) is 101 cm³/mol. The summed E-state index contributed by atoms with van der Waals surface area (Å²) in [5, 5.41) is 7.95. The number of hydrogen-bond donors (Lipinski definition) is 0. The third-order valence-corrected chi connectivity index (χ3v) is 5.03. The molecule has 3 aromatic heterocycles. The number of alkyl halides is 2. The number of halogens is 2. The SMILES string of the molecule is CN(C(=O)OC1CN(c2nc3ncc(C(F)F)cc3n3cnnc23)C1)C(C)(C)C. The molecule has 4 heterocycles. The van der Waals surface area contributed by atoms with Crippen molar-refractivity contribution in [2.24, 2.45) is 0 Å². The minimum atomic E-state index is -2.63. The molecule has 1 aliphatic rings. The Labute approximate surface area is 165 Å². The van der Waals surface area contributed by atoms with Gasteiger partial charge in [-0.05, 0) is 26.8 Å². The summed E-state index contributed by atoms with van der Waals surface area (Å²) in [5.74, 6) is 0.517. The monoisotopic (exact) mass is 405 g/mol. The van der Waals surface area contributed by atoms with Gasteiger partial charge < -0.3 is 14.5 Å². The van der Waals surface area contributed by atoms with Gasteiger partial charge in [-0.15, -0.1) is 10.2 Å². The molecule has 154 valence electrons. The molecular weight excluding hydrogens is 384 g/mol. The Balaban J connectivity index is 1.56. The van der Waals surface area contributed by atoms with E-state index in [9.17, 15) is 13.6 Å². The van der Waals surface area contributed by atoms with Gasteiger partial charge in [0.15, 0.2) is 11.5 Å². The lowest BCUT2D eigenvalue weighted by molar-refractivity contribution is 0.0365. The van der Waals surface area contributed by atoms with Crippen molar-refractivity contribution < 1.29 is 18.3 Å².